The van der Waals surface area contributed by atoms with Crippen LogP contribution in [0.3, 0.4) is 0 Å². The average molecular weight is 251 g/mol. The Labute approximate surface area is 107 Å². The molecular formula is C13H18FN3O. The number of hydrazone groups is 1. The molecule has 0 amide bonds. The van der Waals surface area contributed by atoms with E-state index in [0.717, 1.165) is 12.8 Å². The second-order valence-corrected chi connectivity index (χ2v) is 4.34. The molecule has 0 saturated carbocycles. The highest BCUT2D eigenvalue weighted by atomic mass is 19.1. The van der Waals surface area contributed by atoms with E-state index in [-0.39, 0.29) is 5.82 Å². The molecule has 0 atom stereocenters. The zero-order valence-electron chi connectivity index (χ0n) is 10.8. The Bertz CT molecular complexity index is 436. The normalized spacial score (nSPS) is 14.4. The van der Waals surface area contributed by atoms with Crippen LogP contribution in [0.15, 0.2) is 23.3 Å². The van der Waals surface area contributed by atoms with Crippen molar-refractivity contribution < 1.29 is 9.13 Å². The van der Waals surface area contributed by atoms with Crippen LogP contribution in [0.25, 0.3) is 0 Å². The first-order valence-corrected chi connectivity index (χ1v) is 6.15. The fraction of sp³-hybridized carbons (Fsp3) is 0.462. The average Bonchev–Trinajstić information content (AvgIpc) is 2.78. The Morgan fingerprint density at radius 3 is 2.94 bits per heavy atom. The van der Waals surface area contributed by atoms with Gasteiger partial charge in [0.05, 0.1) is 6.61 Å². The number of benzene rings is 1. The maximum absolute atomic E-state index is 13.7. The SMILES string of the molecule is CCCCOc1ccc(F)c(N2CN(C)C=N2)c1. The van der Waals surface area contributed by atoms with Gasteiger partial charge in [-0.2, -0.15) is 5.10 Å². The van der Waals surface area contributed by atoms with Crippen LogP contribution in [0.1, 0.15) is 19.8 Å². The van der Waals surface area contributed by atoms with E-state index < -0.39 is 0 Å². The van der Waals surface area contributed by atoms with Gasteiger partial charge in [-0.1, -0.05) is 13.3 Å². The largest absolute Gasteiger partial charge is 0.494 e. The lowest BCUT2D eigenvalue weighted by molar-refractivity contribution is 0.309. The Hall–Kier alpha value is -1.78. The van der Waals surface area contributed by atoms with Gasteiger partial charge in [-0.05, 0) is 18.6 Å². The minimum atomic E-state index is -0.287. The molecule has 0 radical (unpaired) electrons. The van der Waals surface area contributed by atoms with E-state index in [2.05, 4.69) is 12.0 Å². The Morgan fingerprint density at radius 1 is 1.44 bits per heavy atom. The fourth-order valence-corrected chi connectivity index (χ4v) is 1.69. The lowest BCUT2D eigenvalue weighted by Gasteiger charge is -2.17. The lowest BCUT2D eigenvalue weighted by atomic mass is 10.2. The van der Waals surface area contributed by atoms with Crippen molar-refractivity contribution in [1.82, 2.24) is 4.90 Å². The van der Waals surface area contributed by atoms with Gasteiger partial charge in [-0.25, -0.2) is 9.40 Å². The molecule has 0 spiro atoms. The summed E-state index contributed by atoms with van der Waals surface area (Å²) in [7, 11) is 1.89. The van der Waals surface area contributed by atoms with Crippen molar-refractivity contribution in [3.63, 3.8) is 0 Å². The number of unbranched alkanes of at least 4 members (excludes halogenated alkanes) is 1. The first kappa shape index (κ1) is 12.7. The second kappa shape index (κ2) is 5.71. The molecule has 0 unspecified atom stereocenters. The molecule has 5 heteroatoms. The number of halogens is 1. The van der Waals surface area contributed by atoms with Crippen LogP contribution in [0.2, 0.25) is 0 Å². The summed E-state index contributed by atoms with van der Waals surface area (Å²) >= 11 is 0. The van der Waals surface area contributed by atoms with Gasteiger partial charge in [0.1, 0.15) is 30.3 Å². The molecule has 1 aliphatic rings. The minimum Gasteiger partial charge on any atom is -0.494 e. The quantitative estimate of drug-likeness (QED) is 0.753. The highest BCUT2D eigenvalue weighted by Gasteiger charge is 2.16. The van der Waals surface area contributed by atoms with E-state index in [1.54, 1.807) is 23.5 Å². The summed E-state index contributed by atoms with van der Waals surface area (Å²) in [6.45, 7) is 3.31. The van der Waals surface area contributed by atoms with Crippen molar-refractivity contribution >= 4 is 12.0 Å². The van der Waals surface area contributed by atoms with Gasteiger partial charge in [-0.3, -0.25) is 0 Å². The lowest BCUT2D eigenvalue weighted by Crippen LogP contribution is -2.23. The van der Waals surface area contributed by atoms with E-state index in [9.17, 15) is 4.39 Å². The van der Waals surface area contributed by atoms with Gasteiger partial charge in [0.15, 0.2) is 0 Å². The van der Waals surface area contributed by atoms with Gasteiger partial charge in [0.2, 0.25) is 0 Å². The van der Waals surface area contributed by atoms with E-state index in [0.29, 0.717) is 24.7 Å². The molecular weight excluding hydrogens is 233 g/mol. The number of hydrogen-bond acceptors (Lipinski definition) is 4. The third-order valence-corrected chi connectivity index (χ3v) is 2.71. The second-order valence-electron chi connectivity index (χ2n) is 4.34. The molecule has 2 rings (SSSR count). The Morgan fingerprint density at radius 2 is 2.28 bits per heavy atom. The third kappa shape index (κ3) is 2.91. The van der Waals surface area contributed by atoms with Crippen molar-refractivity contribution in [3.8, 4) is 5.75 Å². The molecule has 1 aromatic rings. The van der Waals surface area contributed by atoms with Crippen LogP contribution in [-0.4, -0.2) is 31.6 Å². The molecule has 98 valence electrons. The van der Waals surface area contributed by atoms with Crippen molar-refractivity contribution in [2.24, 2.45) is 5.10 Å². The maximum Gasteiger partial charge on any atom is 0.148 e. The summed E-state index contributed by atoms with van der Waals surface area (Å²) in [6, 6.07) is 4.77. The summed E-state index contributed by atoms with van der Waals surface area (Å²) < 4.78 is 19.3. The fourth-order valence-electron chi connectivity index (χ4n) is 1.69. The molecule has 0 aliphatic carbocycles. The van der Waals surface area contributed by atoms with Crippen LogP contribution in [0, 0.1) is 5.82 Å². The van der Waals surface area contributed by atoms with Crippen molar-refractivity contribution in [1.29, 1.82) is 0 Å². The van der Waals surface area contributed by atoms with Gasteiger partial charge >= 0.3 is 0 Å². The molecule has 0 aromatic heterocycles. The summed E-state index contributed by atoms with van der Waals surface area (Å²) in [6.07, 6.45) is 3.75. The predicted molar refractivity (Wildman–Crippen MR) is 70.4 cm³/mol. The molecule has 18 heavy (non-hydrogen) atoms. The first-order valence-electron chi connectivity index (χ1n) is 6.15. The van der Waals surface area contributed by atoms with Crippen LogP contribution in [0.4, 0.5) is 10.1 Å². The van der Waals surface area contributed by atoms with E-state index in [4.69, 9.17) is 4.74 Å². The molecule has 1 aliphatic heterocycles. The van der Waals surface area contributed by atoms with Crippen molar-refractivity contribution in [3.05, 3.63) is 24.0 Å². The van der Waals surface area contributed by atoms with Crippen LogP contribution >= 0.6 is 0 Å². The molecule has 0 N–H and O–H groups in total. The van der Waals surface area contributed by atoms with E-state index in [1.165, 1.54) is 6.07 Å². The number of rotatable bonds is 5. The van der Waals surface area contributed by atoms with E-state index in [1.807, 2.05) is 11.9 Å². The van der Waals surface area contributed by atoms with Crippen LogP contribution in [0.5, 0.6) is 5.75 Å². The smallest absolute Gasteiger partial charge is 0.148 e. The molecule has 0 fully saturated rings. The topological polar surface area (TPSA) is 28.1 Å². The Balaban J connectivity index is 2.09. The first-order chi connectivity index (χ1) is 8.70. The standard InChI is InChI=1S/C13H18FN3O/c1-3-4-7-18-11-5-6-12(14)13(8-11)17-10-16(2)9-15-17/h5-6,8-9H,3-4,7,10H2,1-2H3. The van der Waals surface area contributed by atoms with Crippen molar-refractivity contribution in [2.75, 3.05) is 25.3 Å². The molecule has 0 saturated heterocycles. The van der Waals surface area contributed by atoms with Crippen molar-refractivity contribution in [2.45, 2.75) is 19.8 Å². The highest BCUT2D eigenvalue weighted by molar-refractivity contribution is 5.63. The third-order valence-electron chi connectivity index (χ3n) is 2.71. The van der Waals surface area contributed by atoms with Gasteiger partial charge < -0.3 is 9.64 Å². The molecule has 1 aromatic carbocycles. The monoisotopic (exact) mass is 251 g/mol. The number of nitrogens with zero attached hydrogens (tertiary/aromatic N) is 3. The van der Waals surface area contributed by atoms with Crippen LogP contribution in [-0.2, 0) is 0 Å². The maximum atomic E-state index is 13.7. The predicted octanol–water partition coefficient (Wildman–Crippen LogP) is 2.66. The minimum absolute atomic E-state index is 0.287. The van der Waals surface area contributed by atoms with Crippen LogP contribution < -0.4 is 9.75 Å². The molecule has 1 heterocycles. The van der Waals surface area contributed by atoms with Gasteiger partial charge in [-0.15, -0.1) is 0 Å². The zero-order valence-corrected chi connectivity index (χ0v) is 10.8. The molecule has 4 nitrogen and oxygen atoms in total. The highest BCUT2D eigenvalue weighted by Crippen LogP contribution is 2.26. The van der Waals surface area contributed by atoms with E-state index >= 15 is 0 Å². The number of anilines is 1. The number of hydrogen-bond donors (Lipinski definition) is 0. The van der Waals surface area contributed by atoms with Gasteiger partial charge in [0.25, 0.3) is 0 Å². The summed E-state index contributed by atoms with van der Waals surface area (Å²) in [5, 5.41) is 5.74. The zero-order chi connectivity index (χ0) is 13.0. The summed E-state index contributed by atoms with van der Waals surface area (Å²) in [5.41, 5.74) is 0.449. The van der Waals surface area contributed by atoms with Gasteiger partial charge in [0, 0.05) is 13.1 Å². The molecule has 0 bridgehead atoms. The number of ether oxygens (including phenoxy) is 1. The summed E-state index contributed by atoms with van der Waals surface area (Å²) in [4.78, 5) is 1.88. The summed E-state index contributed by atoms with van der Waals surface area (Å²) in [5.74, 6) is 0.398. The Kier molecular flexibility index (Phi) is 4.02.